The fourth-order valence-electron chi connectivity index (χ4n) is 2.01. The van der Waals surface area contributed by atoms with E-state index in [0.29, 0.717) is 6.54 Å². The summed E-state index contributed by atoms with van der Waals surface area (Å²) in [6, 6.07) is 7.95. The van der Waals surface area contributed by atoms with E-state index in [1.165, 1.54) is 4.88 Å². The van der Waals surface area contributed by atoms with Gasteiger partial charge in [0, 0.05) is 28.3 Å². The van der Waals surface area contributed by atoms with Crippen LogP contribution in [0.15, 0.2) is 39.1 Å². The molecular formula is C16H21BrIN3O2S. The summed E-state index contributed by atoms with van der Waals surface area (Å²) in [4.78, 5) is 5.47. The van der Waals surface area contributed by atoms with Gasteiger partial charge in [0.25, 0.3) is 0 Å². The molecule has 5 nitrogen and oxygen atoms in total. The fraction of sp³-hybridized carbons (Fsp3) is 0.312. The maximum atomic E-state index is 5.32. The van der Waals surface area contributed by atoms with Crippen LogP contribution in [0.3, 0.4) is 0 Å². The topological polar surface area (TPSA) is 54.9 Å². The Morgan fingerprint density at radius 3 is 2.42 bits per heavy atom. The summed E-state index contributed by atoms with van der Waals surface area (Å²) < 4.78 is 11.7. The summed E-state index contributed by atoms with van der Waals surface area (Å²) >= 11 is 5.16. The summed E-state index contributed by atoms with van der Waals surface area (Å²) in [5.41, 5.74) is 1.09. The number of methoxy groups -OCH3 is 2. The zero-order valence-electron chi connectivity index (χ0n) is 13.8. The van der Waals surface area contributed by atoms with Gasteiger partial charge in [0.2, 0.25) is 0 Å². The van der Waals surface area contributed by atoms with Crippen molar-refractivity contribution in [1.29, 1.82) is 0 Å². The number of ether oxygens (including phenoxy) is 2. The minimum atomic E-state index is 0. The fourth-order valence-corrected chi connectivity index (χ4v) is 3.41. The van der Waals surface area contributed by atoms with Gasteiger partial charge in [-0.1, -0.05) is 6.07 Å². The van der Waals surface area contributed by atoms with Gasteiger partial charge in [0.15, 0.2) is 17.5 Å². The van der Waals surface area contributed by atoms with E-state index in [1.807, 2.05) is 18.2 Å². The standard InChI is InChI=1S/C16H20BrN3O2S.HI/c1-18-16(20-9-13-7-12(17)10-23-13)19-8-11-4-5-14(21-2)15(6-11)22-3;/h4-7,10H,8-9H2,1-3H3,(H2,18,19,20);1H. The molecule has 1 aromatic heterocycles. The average Bonchev–Trinajstić information content (AvgIpc) is 3.00. The number of aliphatic imine (C=N–C) groups is 1. The maximum Gasteiger partial charge on any atom is 0.191 e. The largest absolute Gasteiger partial charge is 0.493 e. The lowest BCUT2D eigenvalue weighted by Gasteiger charge is -2.13. The van der Waals surface area contributed by atoms with Crippen molar-refractivity contribution in [2.75, 3.05) is 21.3 Å². The zero-order chi connectivity index (χ0) is 16.7. The van der Waals surface area contributed by atoms with E-state index in [4.69, 9.17) is 9.47 Å². The lowest BCUT2D eigenvalue weighted by molar-refractivity contribution is 0.354. The summed E-state index contributed by atoms with van der Waals surface area (Å²) in [6.45, 7) is 1.38. The Hall–Kier alpha value is -1.000. The number of thiophene rings is 1. The predicted molar refractivity (Wildman–Crippen MR) is 114 cm³/mol. The van der Waals surface area contributed by atoms with Crippen molar-refractivity contribution in [1.82, 2.24) is 10.6 Å². The first-order valence-electron chi connectivity index (χ1n) is 7.04. The molecule has 0 bridgehead atoms. The second kappa shape index (κ2) is 10.8. The van der Waals surface area contributed by atoms with Crippen LogP contribution in [0.1, 0.15) is 10.4 Å². The molecule has 0 saturated heterocycles. The second-order valence-corrected chi connectivity index (χ2v) is 6.61. The Balaban J connectivity index is 0.00000288. The van der Waals surface area contributed by atoms with Gasteiger partial charge in [-0.25, -0.2) is 0 Å². The summed E-state index contributed by atoms with van der Waals surface area (Å²) in [5, 5.41) is 8.65. The van der Waals surface area contributed by atoms with Crippen LogP contribution >= 0.6 is 51.2 Å². The first-order chi connectivity index (χ1) is 11.2. The van der Waals surface area contributed by atoms with Gasteiger partial charge >= 0.3 is 0 Å². The molecule has 1 aromatic carbocycles. The third-order valence-electron chi connectivity index (χ3n) is 3.18. The molecule has 0 unspecified atom stereocenters. The molecule has 1 heterocycles. The van der Waals surface area contributed by atoms with Gasteiger partial charge in [-0.15, -0.1) is 35.3 Å². The van der Waals surface area contributed by atoms with Crippen LogP contribution in [-0.2, 0) is 13.1 Å². The highest BCUT2D eigenvalue weighted by Crippen LogP contribution is 2.27. The number of rotatable bonds is 6. The van der Waals surface area contributed by atoms with Crippen molar-refractivity contribution >= 4 is 57.2 Å². The number of hydrogen-bond donors (Lipinski definition) is 2. The van der Waals surface area contributed by atoms with Gasteiger partial charge in [-0.05, 0) is 39.7 Å². The van der Waals surface area contributed by atoms with Gasteiger partial charge in [-0.3, -0.25) is 4.99 Å². The third-order valence-corrected chi connectivity index (χ3v) is 4.88. The van der Waals surface area contributed by atoms with Gasteiger partial charge in [0.05, 0.1) is 20.8 Å². The minimum Gasteiger partial charge on any atom is -0.493 e. The molecule has 2 rings (SSSR count). The molecule has 0 amide bonds. The van der Waals surface area contributed by atoms with Crippen LogP contribution in [-0.4, -0.2) is 27.2 Å². The smallest absolute Gasteiger partial charge is 0.191 e. The summed E-state index contributed by atoms with van der Waals surface area (Å²) in [7, 11) is 5.02. The molecule has 0 radical (unpaired) electrons. The quantitative estimate of drug-likeness (QED) is 0.340. The Morgan fingerprint density at radius 1 is 1.12 bits per heavy atom. The van der Waals surface area contributed by atoms with Crippen molar-refractivity contribution in [2.45, 2.75) is 13.1 Å². The molecule has 0 atom stereocenters. The molecule has 0 aliphatic heterocycles. The monoisotopic (exact) mass is 525 g/mol. The molecule has 132 valence electrons. The molecule has 2 aromatic rings. The van der Waals surface area contributed by atoms with Crippen LogP contribution in [0.2, 0.25) is 0 Å². The second-order valence-electron chi connectivity index (χ2n) is 4.70. The summed E-state index contributed by atoms with van der Waals surface area (Å²) in [6.07, 6.45) is 0. The van der Waals surface area contributed by atoms with Crippen molar-refractivity contribution in [2.24, 2.45) is 4.99 Å². The van der Waals surface area contributed by atoms with Gasteiger partial charge in [-0.2, -0.15) is 0 Å². The molecule has 24 heavy (non-hydrogen) atoms. The number of halogens is 2. The third kappa shape index (κ3) is 6.14. The Labute approximate surface area is 172 Å². The molecular weight excluding hydrogens is 505 g/mol. The summed E-state index contributed by atoms with van der Waals surface area (Å²) in [5.74, 6) is 2.20. The number of nitrogens with zero attached hydrogens (tertiary/aromatic N) is 1. The van der Waals surface area contributed by atoms with E-state index in [9.17, 15) is 0 Å². The first kappa shape index (κ1) is 21.0. The normalized spacial score (nSPS) is 10.8. The predicted octanol–water partition coefficient (Wildman–Crippen LogP) is 4.01. The number of benzene rings is 1. The highest BCUT2D eigenvalue weighted by Gasteiger charge is 2.05. The molecule has 0 saturated carbocycles. The zero-order valence-corrected chi connectivity index (χ0v) is 18.5. The molecule has 8 heteroatoms. The molecule has 2 N–H and O–H groups in total. The van der Waals surface area contributed by atoms with Crippen LogP contribution in [0, 0.1) is 0 Å². The van der Waals surface area contributed by atoms with Crippen molar-refractivity contribution < 1.29 is 9.47 Å². The van der Waals surface area contributed by atoms with Crippen molar-refractivity contribution in [3.63, 3.8) is 0 Å². The Bertz CT molecular complexity index is 679. The molecule has 0 fully saturated rings. The van der Waals surface area contributed by atoms with Crippen molar-refractivity contribution in [3.05, 3.63) is 44.6 Å². The van der Waals surface area contributed by atoms with E-state index < -0.39 is 0 Å². The Kier molecular flexibility index (Phi) is 9.45. The van der Waals surface area contributed by atoms with E-state index in [2.05, 4.69) is 43.0 Å². The van der Waals surface area contributed by atoms with E-state index in [-0.39, 0.29) is 24.0 Å². The number of nitrogens with one attached hydrogen (secondary N) is 2. The number of hydrogen-bond acceptors (Lipinski definition) is 4. The maximum absolute atomic E-state index is 5.32. The van der Waals surface area contributed by atoms with Crippen LogP contribution in [0.5, 0.6) is 11.5 Å². The van der Waals surface area contributed by atoms with E-state index in [0.717, 1.165) is 34.0 Å². The lowest BCUT2D eigenvalue weighted by atomic mass is 10.2. The lowest BCUT2D eigenvalue weighted by Crippen LogP contribution is -2.36. The average molecular weight is 526 g/mol. The van der Waals surface area contributed by atoms with Gasteiger partial charge < -0.3 is 20.1 Å². The molecule has 0 aliphatic carbocycles. The van der Waals surface area contributed by atoms with Crippen LogP contribution in [0.25, 0.3) is 0 Å². The SMILES string of the molecule is CN=C(NCc1ccc(OC)c(OC)c1)NCc1cc(Br)cs1.I. The van der Waals surface area contributed by atoms with Crippen LogP contribution in [0.4, 0.5) is 0 Å². The molecule has 0 spiro atoms. The number of guanidine groups is 1. The van der Waals surface area contributed by atoms with E-state index in [1.54, 1.807) is 32.6 Å². The van der Waals surface area contributed by atoms with Gasteiger partial charge in [0.1, 0.15) is 0 Å². The Morgan fingerprint density at radius 2 is 1.83 bits per heavy atom. The van der Waals surface area contributed by atoms with Crippen LogP contribution < -0.4 is 20.1 Å². The molecule has 0 aliphatic rings. The minimum absolute atomic E-state index is 0. The first-order valence-corrected chi connectivity index (χ1v) is 8.72. The van der Waals surface area contributed by atoms with E-state index >= 15 is 0 Å². The van der Waals surface area contributed by atoms with Crippen molar-refractivity contribution in [3.8, 4) is 11.5 Å². The highest BCUT2D eigenvalue weighted by atomic mass is 127. The highest BCUT2D eigenvalue weighted by molar-refractivity contribution is 14.0.